The van der Waals surface area contributed by atoms with E-state index in [4.69, 9.17) is 0 Å². The van der Waals surface area contributed by atoms with Gasteiger partial charge in [-0.15, -0.1) is 0 Å². The molecule has 3 aromatic rings. The summed E-state index contributed by atoms with van der Waals surface area (Å²) in [6, 6.07) is 21.7. The van der Waals surface area contributed by atoms with Crippen molar-refractivity contribution in [3.05, 3.63) is 84.1 Å². The number of hydrogen-bond acceptors (Lipinski definition) is 4. The van der Waals surface area contributed by atoms with Crippen molar-refractivity contribution in [3.63, 3.8) is 0 Å². The number of nitrogens with zero attached hydrogens (tertiary/aromatic N) is 3. The standard InChI is InChI=1S/C23H26N4O/c1-4-27(17-18-8-6-5-7-9-18)22-15-10-19(16-24-22)23(28)25-20-11-13-21(14-12-20)26(2)3/h5-16H,4,17H2,1-3H3,(H,25,28). The van der Waals surface area contributed by atoms with E-state index in [0.717, 1.165) is 30.3 Å². The maximum absolute atomic E-state index is 12.5. The van der Waals surface area contributed by atoms with Crippen LogP contribution in [0.4, 0.5) is 17.2 Å². The second-order valence-corrected chi connectivity index (χ2v) is 6.80. The summed E-state index contributed by atoms with van der Waals surface area (Å²) in [5.74, 6) is 0.695. The van der Waals surface area contributed by atoms with Crippen LogP contribution in [0.2, 0.25) is 0 Å². The predicted octanol–water partition coefficient (Wildman–Crippen LogP) is 4.43. The van der Waals surface area contributed by atoms with Gasteiger partial charge < -0.3 is 15.1 Å². The number of aromatic nitrogens is 1. The van der Waals surface area contributed by atoms with Crippen LogP contribution in [0.1, 0.15) is 22.8 Å². The number of hydrogen-bond donors (Lipinski definition) is 1. The molecule has 28 heavy (non-hydrogen) atoms. The Bertz CT molecular complexity index is 890. The van der Waals surface area contributed by atoms with Gasteiger partial charge >= 0.3 is 0 Å². The summed E-state index contributed by atoms with van der Waals surface area (Å²) in [5, 5.41) is 2.92. The first-order valence-corrected chi connectivity index (χ1v) is 9.40. The first kappa shape index (κ1) is 19.4. The van der Waals surface area contributed by atoms with E-state index in [1.807, 2.05) is 73.6 Å². The number of rotatable bonds is 7. The summed E-state index contributed by atoms with van der Waals surface area (Å²) in [5.41, 5.74) is 3.62. The molecule has 0 saturated carbocycles. The third kappa shape index (κ3) is 4.88. The van der Waals surface area contributed by atoms with Gasteiger partial charge in [-0.1, -0.05) is 30.3 Å². The van der Waals surface area contributed by atoms with Crippen molar-refractivity contribution in [1.82, 2.24) is 4.98 Å². The van der Waals surface area contributed by atoms with E-state index in [0.29, 0.717) is 5.56 Å². The molecular formula is C23H26N4O. The highest BCUT2D eigenvalue weighted by molar-refractivity contribution is 6.04. The number of carbonyl (C=O) groups is 1. The summed E-state index contributed by atoms with van der Waals surface area (Å²) in [4.78, 5) is 21.2. The van der Waals surface area contributed by atoms with Crippen LogP contribution >= 0.6 is 0 Å². The van der Waals surface area contributed by atoms with Crippen molar-refractivity contribution < 1.29 is 4.79 Å². The normalized spacial score (nSPS) is 10.4. The van der Waals surface area contributed by atoms with Gasteiger partial charge in [-0.05, 0) is 48.9 Å². The second kappa shape index (κ2) is 9.04. The zero-order valence-electron chi connectivity index (χ0n) is 16.6. The molecule has 1 N–H and O–H groups in total. The van der Waals surface area contributed by atoms with Gasteiger partial charge in [0.25, 0.3) is 5.91 Å². The molecule has 0 fully saturated rings. The summed E-state index contributed by atoms with van der Waals surface area (Å²) in [7, 11) is 3.97. The van der Waals surface area contributed by atoms with Crippen molar-refractivity contribution in [2.24, 2.45) is 0 Å². The molecule has 0 aliphatic carbocycles. The maximum atomic E-state index is 12.5. The summed E-state index contributed by atoms with van der Waals surface area (Å²) in [6.07, 6.45) is 1.63. The second-order valence-electron chi connectivity index (χ2n) is 6.80. The molecule has 1 amide bonds. The van der Waals surface area contributed by atoms with Crippen LogP contribution in [-0.4, -0.2) is 31.5 Å². The molecule has 0 bridgehead atoms. The Morgan fingerprint density at radius 1 is 0.964 bits per heavy atom. The lowest BCUT2D eigenvalue weighted by Gasteiger charge is -2.22. The van der Waals surface area contributed by atoms with Crippen LogP contribution in [0.3, 0.4) is 0 Å². The molecule has 0 aliphatic heterocycles. The SMILES string of the molecule is CCN(Cc1ccccc1)c1ccc(C(=O)Nc2ccc(N(C)C)cc2)cn1. The third-order valence-electron chi connectivity index (χ3n) is 4.57. The number of anilines is 3. The zero-order chi connectivity index (χ0) is 19.9. The van der Waals surface area contributed by atoms with E-state index in [1.54, 1.807) is 6.20 Å². The number of amides is 1. The van der Waals surface area contributed by atoms with Crippen molar-refractivity contribution in [2.45, 2.75) is 13.5 Å². The van der Waals surface area contributed by atoms with Crippen molar-refractivity contribution >= 4 is 23.1 Å². The van der Waals surface area contributed by atoms with Crippen LogP contribution < -0.4 is 15.1 Å². The first-order valence-electron chi connectivity index (χ1n) is 9.40. The Hall–Kier alpha value is -3.34. The summed E-state index contributed by atoms with van der Waals surface area (Å²) in [6.45, 7) is 3.72. The number of carbonyl (C=O) groups excluding carboxylic acids is 1. The predicted molar refractivity (Wildman–Crippen MR) is 116 cm³/mol. The molecule has 3 rings (SSSR count). The first-order chi connectivity index (χ1) is 13.6. The smallest absolute Gasteiger partial charge is 0.257 e. The molecule has 5 nitrogen and oxygen atoms in total. The van der Waals surface area contributed by atoms with E-state index in [1.165, 1.54) is 5.56 Å². The molecule has 1 aromatic heterocycles. The largest absolute Gasteiger partial charge is 0.378 e. The van der Waals surface area contributed by atoms with Gasteiger partial charge in [-0.2, -0.15) is 0 Å². The molecule has 2 aromatic carbocycles. The Labute approximate surface area is 166 Å². The quantitative estimate of drug-likeness (QED) is 0.665. The van der Waals surface area contributed by atoms with Gasteiger partial charge in [0.15, 0.2) is 0 Å². The highest BCUT2D eigenvalue weighted by Gasteiger charge is 2.10. The molecule has 0 radical (unpaired) electrons. The van der Waals surface area contributed by atoms with Gasteiger partial charge in [0.1, 0.15) is 5.82 Å². The van der Waals surface area contributed by atoms with E-state index < -0.39 is 0 Å². The van der Waals surface area contributed by atoms with E-state index in [2.05, 4.69) is 34.3 Å². The molecule has 0 atom stereocenters. The van der Waals surface area contributed by atoms with Crippen LogP contribution in [0.5, 0.6) is 0 Å². The maximum Gasteiger partial charge on any atom is 0.257 e. The van der Waals surface area contributed by atoms with Crippen molar-refractivity contribution in [1.29, 1.82) is 0 Å². The van der Waals surface area contributed by atoms with Gasteiger partial charge in [-0.3, -0.25) is 4.79 Å². The third-order valence-corrected chi connectivity index (χ3v) is 4.57. The van der Waals surface area contributed by atoms with E-state index in [9.17, 15) is 4.79 Å². The molecule has 0 spiro atoms. The minimum atomic E-state index is -0.164. The molecule has 0 saturated heterocycles. The number of pyridine rings is 1. The zero-order valence-corrected chi connectivity index (χ0v) is 16.6. The highest BCUT2D eigenvalue weighted by Crippen LogP contribution is 2.18. The molecule has 144 valence electrons. The molecule has 1 heterocycles. The van der Waals surface area contributed by atoms with Crippen LogP contribution in [0.25, 0.3) is 0 Å². The Morgan fingerprint density at radius 3 is 2.25 bits per heavy atom. The monoisotopic (exact) mass is 374 g/mol. The lowest BCUT2D eigenvalue weighted by molar-refractivity contribution is 0.102. The van der Waals surface area contributed by atoms with Crippen LogP contribution in [0.15, 0.2) is 72.9 Å². The lowest BCUT2D eigenvalue weighted by Crippen LogP contribution is -2.23. The van der Waals surface area contributed by atoms with Crippen LogP contribution in [0, 0.1) is 0 Å². The van der Waals surface area contributed by atoms with E-state index in [-0.39, 0.29) is 5.91 Å². The van der Waals surface area contributed by atoms with Crippen molar-refractivity contribution in [2.75, 3.05) is 35.8 Å². The van der Waals surface area contributed by atoms with Gasteiger partial charge in [-0.25, -0.2) is 4.98 Å². The Kier molecular flexibility index (Phi) is 6.27. The molecule has 5 heteroatoms. The lowest BCUT2D eigenvalue weighted by atomic mass is 10.2. The van der Waals surface area contributed by atoms with Gasteiger partial charge in [0.2, 0.25) is 0 Å². The molecule has 0 unspecified atom stereocenters. The average Bonchev–Trinajstić information content (AvgIpc) is 2.73. The fourth-order valence-corrected chi connectivity index (χ4v) is 2.91. The van der Waals surface area contributed by atoms with Crippen LogP contribution in [-0.2, 0) is 6.54 Å². The van der Waals surface area contributed by atoms with Gasteiger partial charge in [0.05, 0.1) is 5.56 Å². The fraction of sp³-hybridized carbons (Fsp3) is 0.217. The van der Waals surface area contributed by atoms with E-state index >= 15 is 0 Å². The highest BCUT2D eigenvalue weighted by atomic mass is 16.1. The number of nitrogens with one attached hydrogen (secondary N) is 1. The molecule has 0 aliphatic rings. The summed E-state index contributed by atoms with van der Waals surface area (Å²) >= 11 is 0. The van der Waals surface area contributed by atoms with Crippen molar-refractivity contribution in [3.8, 4) is 0 Å². The number of benzene rings is 2. The minimum absolute atomic E-state index is 0.164. The Morgan fingerprint density at radius 2 is 1.68 bits per heavy atom. The Balaban J connectivity index is 1.66. The van der Waals surface area contributed by atoms with Gasteiger partial charge in [0, 0.05) is 44.8 Å². The summed E-state index contributed by atoms with van der Waals surface area (Å²) < 4.78 is 0. The minimum Gasteiger partial charge on any atom is -0.378 e. The topological polar surface area (TPSA) is 48.5 Å². The average molecular weight is 374 g/mol. The fourth-order valence-electron chi connectivity index (χ4n) is 2.91. The molecular weight excluding hydrogens is 348 g/mol.